The Bertz CT molecular complexity index is 1880. The summed E-state index contributed by atoms with van der Waals surface area (Å²) in [6.07, 6.45) is 0. The van der Waals surface area contributed by atoms with Gasteiger partial charge in [0.15, 0.2) is 0 Å². The summed E-state index contributed by atoms with van der Waals surface area (Å²) in [5.74, 6) is 0. The minimum absolute atomic E-state index is 1.04. The topological polar surface area (TPSA) is 9.86 Å². The standard InChI is InChI=1S/C36H22N2/c1-7-19-31-25(13-1)26-14-2-8-20-32(26)37(31)35-23-11-5-17-29(35)30-18-6-12-24-36(30)38-33-21-9-3-15-27(33)28-16-4-10-22-34(28)38/h1-9,11-21,23-24H. The summed E-state index contributed by atoms with van der Waals surface area (Å²) in [5.41, 5.74) is 9.26. The van der Waals surface area contributed by atoms with Crippen molar-refractivity contribution in [3.63, 3.8) is 0 Å². The van der Waals surface area contributed by atoms with Crippen LogP contribution in [0.4, 0.5) is 0 Å². The van der Waals surface area contributed by atoms with Gasteiger partial charge in [-0.25, -0.2) is 0 Å². The first-order valence-corrected chi connectivity index (χ1v) is 12.9. The summed E-state index contributed by atoms with van der Waals surface area (Å²) in [4.78, 5) is 0. The van der Waals surface area contributed by atoms with Crippen molar-refractivity contribution in [1.29, 1.82) is 0 Å². The van der Waals surface area contributed by atoms with Crippen molar-refractivity contribution < 1.29 is 0 Å². The van der Waals surface area contributed by atoms with Crippen molar-refractivity contribution in [2.24, 2.45) is 0 Å². The minimum atomic E-state index is 1.04. The summed E-state index contributed by atoms with van der Waals surface area (Å²) in [6, 6.07) is 54.1. The lowest BCUT2D eigenvalue weighted by Crippen LogP contribution is -2.01. The number of nitrogens with zero attached hydrogens (tertiary/aromatic N) is 2. The minimum Gasteiger partial charge on any atom is -0.309 e. The average Bonchev–Trinajstić information content (AvgIpc) is 3.50. The van der Waals surface area contributed by atoms with Gasteiger partial charge in [-0.15, -0.1) is 0 Å². The Morgan fingerprint density at radius 3 is 1.45 bits per heavy atom. The highest BCUT2D eigenvalue weighted by Crippen LogP contribution is 2.40. The Balaban J connectivity index is 1.47. The third-order valence-electron chi connectivity index (χ3n) is 7.60. The predicted molar refractivity (Wildman–Crippen MR) is 158 cm³/mol. The van der Waals surface area contributed by atoms with E-state index in [2.05, 4.69) is 149 Å². The predicted octanol–water partition coefficient (Wildman–Crippen LogP) is 9.15. The van der Waals surface area contributed by atoms with Crippen LogP contribution in [0.1, 0.15) is 0 Å². The molecular formula is C36H22N2. The largest absolute Gasteiger partial charge is 0.309 e. The zero-order valence-electron chi connectivity index (χ0n) is 20.6. The molecule has 0 aliphatic heterocycles. The molecule has 0 bridgehead atoms. The molecule has 0 unspecified atom stereocenters. The van der Waals surface area contributed by atoms with Gasteiger partial charge in [-0.3, -0.25) is 0 Å². The SMILES string of the molecule is c1ccc2c3ccccc3n(-c3ccccc3-c3ccccc3-n3c4ccccc4c4ccccc43)c2c#1. The maximum atomic E-state index is 3.41. The molecule has 0 amide bonds. The molecular weight excluding hydrogens is 460 g/mol. The van der Waals surface area contributed by atoms with Crippen LogP contribution < -0.4 is 0 Å². The van der Waals surface area contributed by atoms with Crippen molar-refractivity contribution in [1.82, 2.24) is 9.13 Å². The van der Waals surface area contributed by atoms with E-state index >= 15 is 0 Å². The molecule has 0 aliphatic rings. The van der Waals surface area contributed by atoms with E-state index in [1.807, 2.05) is 6.07 Å². The van der Waals surface area contributed by atoms with E-state index in [1.54, 1.807) is 0 Å². The van der Waals surface area contributed by atoms with Gasteiger partial charge in [-0.2, -0.15) is 0 Å². The quantitative estimate of drug-likeness (QED) is 0.238. The monoisotopic (exact) mass is 482 g/mol. The van der Waals surface area contributed by atoms with E-state index in [1.165, 1.54) is 49.2 Å². The molecule has 38 heavy (non-hydrogen) atoms. The molecule has 0 aliphatic carbocycles. The molecule has 2 heteroatoms. The Labute approximate surface area is 220 Å². The lowest BCUT2D eigenvalue weighted by molar-refractivity contribution is 1.16. The van der Waals surface area contributed by atoms with E-state index in [4.69, 9.17) is 0 Å². The first-order valence-electron chi connectivity index (χ1n) is 12.9. The van der Waals surface area contributed by atoms with Gasteiger partial charge >= 0.3 is 0 Å². The molecule has 8 rings (SSSR count). The Kier molecular flexibility index (Phi) is 4.47. The summed E-state index contributed by atoms with van der Waals surface area (Å²) in [5, 5.41) is 4.93. The third-order valence-corrected chi connectivity index (χ3v) is 7.60. The number of fused-ring (bicyclic) bond motifs is 6. The zero-order chi connectivity index (χ0) is 25.1. The first-order chi connectivity index (χ1) is 18.9. The highest BCUT2D eigenvalue weighted by molar-refractivity contribution is 6.11. The Morgan fingerprint density at radius 2 is 0.842 bits per heavy atom. The number of para-hydroxylation sites is 5. The molecule has 0 fully saturated rings. The van der Waals surface area contributed by atoms with Crippen LogP contribution in [0.5, 0.6) is 0 Å². The van der Waals surface area contributed by atoms with Crippen LogP contribution in [-0.2, 0) is 0 Å². The van der Waals surface area contributed by atoms with E-state index in [9.17, 15) is 0 Å². The molecule has 8 aromatic rings. The second kappa shape index (κ2) is 8.13. The summed E-state index contributed by atoms with van der Waals surface area (Å²) < 4.78 is 4.74. The van der Waals surface area contributed by atoms with Gasteiger partial charge in [0.2, 0.25) is 0 Å². The fourth-order valence-corrected chi connectivity index (χ4v) is 6.02. The van der Waals surface area contributed by atoms with E-state index in [0.29, 0.717) is 0 Å². The third kappa shape index (κ3) is 2.91. The molecule has 0 N–H and O–H groups in total. The number of rotatable bonds is 3. The molecule has 0 spiro atoms. The van der Waals surface area contributed by atoms with E-state index in [0.717, 1.165) is 16.9 Å². The highest BCUT2D eigenvalue weighted by atomic mass is 15.0. The molecule has 2 heterocycles. The van der Waals surface area contributed by atoms with Crippen molar-refractivity contribution in [3.05, 3.63) is 146 Å². The fraction of sp³-hybridized carbons (Fsp3) is 0. The van der Waals surface area contributed by atoms with Gasteiger partial charge in [0.25, 0.3) is 0 Å². The number of hydrogen-bond donors (Lipinski definition) is 0. The second-order valence-corrected chi connectivity index (χ2v) is 9.62. The van der Waals surface area contributed by atoms with Crippen LogP contribution in [0.25, 0.3) is 66.1 Å². The number of benzene rings is 5. The summed E-state index contributed by atoms with van der Waals surface area (Å²) >= 11 is 0. The molecule has 0 atom stereocenters. The molecule has 0 radical (unpaired) electrons. The van der Waals surface area contributed by atoms with Crippen LogP contribution in [-0.4, -0.2) is 9.13 Å². The van der Waals surface area contributed by atoms with Gasteiger partial charge < -0.3 is 9.13 Å². The van der Waals surface area contributed by atoms with Gasteiger partial charge in [0.1, 0.15) is 5.52 Å². The van der Waals surface area contributed by atoms with Gasteiger partial charge in [-0.1, -0.05) is 97.1 Å². The maximum absolute atomic E-state index is 3.41. The van der Waals surface area contributed by atoms with Gasteiger partial charge in [-0.05, 0) is 48.5 Å². The van der Waals surface area contributed by atoms with Crippen molar-refractivity contribution in [3.8, 4) is 22.5 Å². The smallest absolute Gasteiger partial charge is 0.105 e. The molecule has 176 valence electrons. The lowest BCUT2D eigenvalue weighted by atomic mass is 10.0. The van der Waals surface area contributed by atoms with Crippen molar-refractivity contribution in [2.75, 3.05) is 0 Å². The molecule has 0 saturated carbocycles. The number of aromatic nitrogens is 2. The normalized spacial score (nSPS) is 11.5. The zero-order valence-corrected chi connectivity index (χ0v) is 20.6. The summed E-state index contributed by atoms with van der Waals surface area (Å²) in [6.45, 7) is 0. The van der Waals surface area contributed by atoms with Crippen molar-refractivity contribution >= 4 is 43.6 Å². The second-order valence-electron chi connectivity index (χ2n) is 9.62. The van der Waals surface area contributed by atoms with Gasteiger partial charge in [0.05, 0.1) is 27.9 Å². The fourth-order valence-electron chi connectivity index (χ4n) is 6.02. The molecule has 2 aromatic heterocycles. The first kappa shape index (κ1) is 20.9. The molecule has 2 nitrogen and oxygen atoms in total. The van der Waals surface area contributed by atoms with Crippen LogP contribution >= 0.6 is 0 Å². The van der Waals surface area contributed by atoms with E-state index in [-0.39, 0.29) is 0 Å². The molecule has 0 saturated heterocycles. The van der Waals surface area contributed by atoms with E-state index < -0.39 is 0 Å². The summed E-state index contributed by atoms with van der Waals surface area (Å²) in [7, 11) is 0. The van der Waals surface area contributed by atoms with Crippen LogP contribution in [0.3, 0.4) is 0 Å². The number of hydrogen-bond acceptors (Lipinski definition) is 0. The lowest BCUT2D eigenvalue weighted by Gasteiger charge is -2.18. The van der Waals surface area contributed by atoms with Crippen molar-refractivity contribution in [2.45, 2.75) is 0 Å². The van der Waals surface area contributed by atoms with Crippen LogP contribution in [0.15, 0.2) is 133 Å². The van der Waals surface area contributed by atoms with Gasteiger partial charge in [0, 0.05) is 32.7 Å². The Morgan fingerprint density at radius 1 is 0.395 bits per heavy atom. The van der Waals surface area contributed by atoms with Crippen LogP contribution in [0, 0.1) is 12.1 Å². The Hall–Kier alpha value is -5.26. The highest BCUT2D eigenvalue weighted by Gasteiger charge is 2.19. The van der Waals surface area contributed by atoms with Crippen LogP contribution in [0.2, 0.25) is 0 Å². The molecule has 6 aromatic carbocycles. The average molecular weight is 483 g/mol. The maximum Gasteiger partial charge on any atom is 0.105 e.